The van der Waals surface area contributed by atoms with E-state index in [0.29, 0.717) is 43.8 Å². The van der Waals surface area contributed by atoms with Crippen molar-refractivity contribution in [2.75, 3.05) is 23.8 Å². The van der Waals surface area contributed by atoms with Crippen molar-refractivity contribution in [2.45, 2.75) is 13.8 Å². The minimum atomic E-state index is -0.508. The first-order chi connectivity index (χ1) is 24.8. The first-order valence-electron chi connectivity index (χ1n) is 15.8. The summed E-state index contributed by atoms with van der Waals surface area (Å²) in [6.45, 7) is 3.88. The fourth-order valence-electron chi connectivity index (χ4n) is 4.82. The molecule has 2 amide bonds. The van der Waals surface area contributed by atoms with Gasteiger partial charge in [-0.05, 0) is 62.4 Å². The standard InChI is InChI=1S/C38H30N4O7S2/c1-3-47-35(45)31-29(23-11-7-5-8-12-23)39-37(50-31)41-33(43)25-15-19-27(20-16-25)49-28-21-17-26(18-22-28)34(44)42-38-40-30(24-13-9-6-10-14-24)32(51-38)36(46)48-4-2/h5-22H,3-4H2,1-2H3,(H,39,41,43)(H,40,42,44). The van der Waals surface area contributed by atoms with Crippen molar-refractivity contribution in [3.05, 3.63) is 130 Å². The van der Waals surface area contributed by atoms with Crippen LogP contribution in [0.15, 0.2) is 109 Å². The molecule has 0 radical (unpaired) electrons. The number of nitrogens with one attached hydrogen (secondary N) is 2. The first kappa shape index (κ1) is 34.7. The van der Waals surface area contributed by atoms with Crippen LogP contribution in [0.5, 0.6) is 11.5 Å². The molecular weight excluding hydrogens is 689 g/mol. The van der Waals surface area contributed by atoms with Gasteiger partial charge in [0.1, 0.15) is 21.3 Å². The van der Waals surface area contributed by atoms with Gasteiger partial charge in [-0.25, -0.2) is 19.6 Å². The average Bonchev–Trinajstić information content (AvgIpc) is 3.78. The van der Waals surface area contributed by atoms with Crippen molar-refractivity contribution in [2.24, 2.45) is 0 Å². The second-order valence-electron chi connectivity index (χ2n) is 10.6. The fraction of sp³-hybridized carbons (Fsp3) is 0.105. The summed E-state index contributed by atoms with van der Waals surface area (Å²) in [6, 6.07) is 31.4. The molecule has 0 bridgehead atoms. The lowest BCUT2D eigenvalue weighted by Crippen LogP contribution is -2.11. The summed E-state index contributed by atoms with van der Waals surface area (Å²) in [5.41, 5.74) is 3.04. The molecule has 6 rings (SSSR count). The summed E-state index contributed by atoms with van der Waals surface area (Å²) >= 11 is 2.09. The predicted molar refractivity (Wildman–Crippen MR) is 196 cm³/mol. The minimum Gasteiger partial charge on any atom is -0.462 e. The lowest BCUT2D eigenvalue weighted by molar-refractivity contribution is 0.0523. The van der Waals surface area contributed by atoms with E-state index in [-0.39, 0.29) is 23.5 Å². The molecule has 13 heteroatoms. The molecule has 0 atom stereocenters. The van der Waals surface area contributed by atoms with E-state index in [1.54, 1.807) is 62.4 Å². The molecule has 11 nitrogen and oxygen atoms in total. The van der Waals surface area contributed by atoms with Crippen LogP contribution in [0.25, 0.3) is 22.5 Å². The molecule has 4 aromatic carbocycles. The topological polar surface area (TPSA) is 146 Å². The lowest BCUT2D eigenvalue weighted by atomic mass is 10.1. The van der Waals surface area contributed by atoms with Crippen molar-refractivity contribution in [1.29, 1.82) is 0 Å². The number of amides is 2. The van der Waals surface area contributed by atoms with Gasteiger partial charge in [0.2, 0.25) is 0 Å². The molecule has 2 heterocycles. The number of aromatic nitrogens is 2. The number of anilines is 2. The molecule has 51 heavy (non-hydrogen) atoms. The van der Waals surface area contributed by atoms with Gasteiger partial charge in [0, 0.05) is 22.3 Å². The molecule has 6 aromatic rings. The summed E-state index contributed by atoms with van der Waals surface area (Å²) in [4.78, 5) is 60.9. The molecule has 0 saturated carbocycles. The van der Waals surface area contributed by atoms with Crippen molar-refractivity contribution >= 4 is 56.7 Å². The number of carbonyl (C=O) groups is 4. The lowest BCUT2D eigenvalue weighted by Gasteiger charge is -2.08. The number of hydrogen-bond donors (Lipinski definition) is 2. The number of esters is 2. The molecule has 0 spiro atoms. The van der Waals surface area contributed by atoms with Gasteiger partial charge in [0.05, 0.1) is 24.6 Å². The Morgan fingerprint density at radius 1 is 0.549 bits per heavy atom. The number of nitrogens with zero attached hydrogens (tertiary/aromatic N) is 2. The quantitative estimate of drug-likeness (QED) is 0.119. The van der Waals surface area contributed by atoms with Crippen LogP contribution >= 0.6 is 22.7 Å². The van der Waals surface area contributed by atoms with E-state index < -0.39 is 23.8 Å². The zero-order chi connectivity index (χ0) is 35.7. The van der Waals surface area contributed by atoms with Crippen molar-refractivity contribution in [3.8, 4) is 34.0 Å². The highest BCUT2D eigenvalue weighted by Crippen LogP contribution is 2.34. The van der Waals surface area contributed by atoms with Crippen LogP contribution in [-0.4, -0.2) is 46.9 Å². The van der Waals surface area contributed by atoms with Gasteiger partial charge in [-0.3, -0.25) is 20.2 Å². The van der Waals surface area contributed by atoms with Crippen LogP contribution in [0.4, 0.5) is 10.3 Å². The number of thiazole rings is 2. The zero-order valence-electron chi connectivity index (χ0n) is 27.4. The average molecular weight is 719 g/mol. The van der Waals surface area contributed by atoms with Crippen molar-refractivity contribution in [3.63, 3.8) is 0 Å². The fourth-order valence-corrected chi connectivity index (χ4v) is 6.58. The maximum atomic E-state index is 13.1. The summed E-state index contributed by atoms with van der Waals surface area (Å²) in [5.74, 6) is -0.900. The van der Waals surface area contributed by atoms with Crippen LogP contribution in [0.3, 0.4) is 0 Å². The molecule has 0 aliphatic rings. The summed E-state index contributed by atoms with van der Waals surface area (Å²) < 4.78 is 16.3. The third-order valence-corrected chi connectivity index (χ3v) is 9.08. The van der Waals surface area contributed by atoms with E-state index >= 15 is 0 Å². The molecule has 0 aliphatic carbocycles. The van der Waals surface area contributed by atoms with Gasteiger partial charge in [-0.1, -0.05) is 83.3 Å². The summed E-state index contributed by atoms with van der Waals surface area (Å²) in [7, 11) is 0. The van der Waals surface area contributed by atoms with Gasteiger partial charge in [-0.15, -0.1) is 0 Å². The molecular formula is C38H30N4O7S2. The van der Waals surface area contributed by atoms with Crippen LogP contribution in [-0.2, 0) is 9.47 Å². The van der Waals surface area contributed by atoms with E-state index in [0.717, 1.165) is 33.8 Å². The highest BCUT2D eigenvalue weighted by molar-refractivity contribution is 7.18. The van der Waals surface area contributed by atoms with E-state index in [1.165, 1.54) is 0 Å². The predicted octanol–water partition coefficient (Wildman–Crippen LogP) is 8.58. The second-order valence-corrected chi connectivity index (χ2v) is 12.6. The SMILES string of the molecule is CCOC(=O)c1sc(NC(=O)c2ccc(Oc3ccc(C(=O)Nc4nc(-c5ccccc5)c(C(=O)OCC)s4)cc3)cc2)nc1-c1ccccc1. The molecule has 0 unspecified atom stereocenters. The molecule has 256 valence electrons. The smallest absolute Gasteiger partial charge is 0.350 e. The van der Waals surface area contributed by atoms with Gasteiger partial charge >= 0.3 is 11.9 Å². The third kappa shape index (κ3) is 8.35. The molecule has 0 saturated heterocycles. The van der Waals surface area contributed by atoms with Crippen molar-refractivity contribution < 1.29 is 33.4 Å². The van der Waals surface area contributed by atoms with E-state index in [1.807, 2.05) is 60.7 Å². The highest BCUT2D eigenvalue weighted by atomic mass is 32.1. The number of hydrogen-bond acceptors (Lipinski definition) is 11. The monoisotopic (exact) mass is 718 g/mol. The molecule has 0 fully saturated rings. The second kappa shape index (κ2) is 16.0. The first-order valence-corrected chi connectivity index (χ1v) is 17.4. The van der Waals surface area contributed by atoms with E-state index in [9.17, 15) is 19.2 Å². The van der Waals surface area contributed by atoms with Crippen LogP contribution in [0.2, 0.25) is 0 Å². The maximum absolute atomic E-state index is 13.1. The Morgan fingerprint density at radius 3 is 1.27 bits per heavy atom. The van der Waals surface area contributed by atoms with E-state index in [4.69, 9.17) is 14.2 Å². The number of benzene rings is 4. The number of ether oxygens (including phenoxy) is 3. The Hall–Kier alpha value is -6.18. The molecule has 2 aromatic heterocycles. The summed E-state index contributed by atoms with van der Waals surface area (Å²) in [6.07, 6.45) is 0. The Labute approximate surface area is 300 Å². The van der Waals surface area contributed by atoms with Crippen molar-refractivity contribution in [1.82, 2.24) is 9.97 Å². The number of carbonyl (C=O) groups excluding carboxylic acids is 4. The normalized spacial score (nSPS) is 10.6. The van der Waals surface area contributed by atoms with Gasteiger partial charge in [0.25, 0.3) is 11.8 Å². The van der Waals surface area contributed by atoms with Crippen LogP contribution in [0.1, 0.15) is 53.9 Å². The van der Waals surface area contributed by atoms with Gasteiger partial charge in [-0.2, -0.15) is 0 Å². The van der Waals surface area contributed by atoms with Crippen LogP contribution < -0.4 is 15.4 Å². The Balaban J connectivity index is 1.09. The molecule has 2 N–H and O–H groups in total. The molecule has 0 aliphatic heterocycles. The largest absolute Gasteiger partial charge is 0.462 e. The van der Waals surface area contributed by atoms with Gasteiger partial charge in [0.15, 0.2) is 10.3 Å². The zero-order valence-corrected chi connectivity index (χ0v) is 29.0. The number of rotatable bonds is 12. The Morgan fingerprint density at radius 2 is 0.922 bits per heavy atom. The highest BCUT2D eigenvalue weighted by Gasteiger charge is 2.23. The van der Waals surface area contributed by atoms with E-state index in [2.05, 4.69) is 20.6 Å². The van der Waals surface area contributed by atoms with Crippen LogP contribution in [0, 0.1) is 0 Å². The Bertz CT molecular complexity index is 2010. The minimum absolute atomic E-state index is 0.213. The maximum Gasteiger partial charge on any atom is 0.350 e. The van der Waals surface area contributed by atoms with Gasteiger partial charge < -0.3 is 14.2 Å². The summed E-state index contributed by atoms with van der Waals surface area (Å²) in [5, 5.41) is 6.06. The third-order valence-electron chi connectivity index (χ3n) is 7.18. The Kier molecular flexibility index (Phi) is 10.9.